The number of hydrogen-bond acceptors (Lipinski definition) is 3. The second-order valence-electron chi connectivity index (χ2n) is 5.78. The Morgan fingerprint density at radius 3 is 2.33 bits per heavy atom. The van der Waals surface area contributed by atoms with Gasteiger partial charge in [-0.1, -0.05) is 36.2 Å². The van der Waals surface area contributed by atoms with Crippen LogP contribution in [0.1, 0.15) is 27.2 Å². The Hall–Kier alpha value is -1.72. The molecule has 0 bridgehead atoms. The van der Waals surface area contributed by atoms with E-state index in [0.717, 1.165) is 0 Å². The Labute approximate surface area is 152 Å². The van der Waals surface area contributed by atoms with Gasteiger partial charge in [0.15, 0.2) is 6.10 Å². The molecule has 1 atom stereocenters. The van der Waals surface area contributed by atoms with Crippen LogP contribution in [-0.2, 0) is 9.59 Å². The molecule has 0 radical (unpaired) electrons. The van der Waals surface area contributed by atoms with Crippen LogP contribution in [0.5, 0.6) is 5.75 Å². The number of halogens is 2. The third kappa shape index (κ3) is 6.81. The summed E-state index contributed by atoms with van der Waals surface area (Å²) >= 11 is 11.9. The molecule has 0 spiro atoms. The normalized spacial score (nSPS) is 12.8. The maximum Gasteiger partial charge on any atom is 0.261 e. The molecule has 0 heterocycles. The summed E-state index contributed by atoms with van der Waals surface area (Å²) in [4.78, 5) is 23.7. The first kappa shape index (κ1) is 20.3. The van der Waals surface area contributed by atoms with Crippen molar-refractivity contribution in [3.8, 4) is 5.75 Å². The number of amides is 2. The summed E-state index contributed by atoms with van der Waals surface area (Å²) in [7, 11) is 1.54. The van der Waals surface area contributed by atoms with Crippen molar-refractivity contribution in [1.82, 2.24) is 10.6 Å². The molecular formula is C17H22Cl2N2O3. The van der Waals surface area contributed by atoms with Crippen molar-refractivity contribution >= 4 is 35.0 Å². The molecule has 24 heavy (non-hydrogen) atoms. The fourth-order valence-electron chi connectivity index (χ4n) is 1.89. The zero-order valence-corrected chi connectivity index (χ0v) is 15.7. The maximum absolute atomic E-state index is 12.4. The Morgan fingerprint density at radius 1 is 1.25 bits per heavy atom. The lowest BCUT2D eigenvalue weighted by Crippen LogP contribution is -2.48. The minimum atomic E-state index is -0.702. The number of carbonyl (C=O) groups is 2. The molecule has 132 valence electrons. The molecule has 1 aromatic rings. The number of carbonyl (C=O) groups excluding carboxylic acids is 2. The first-order valence-corrected chi connectivity index (χ1v) is 8.28. The van der Waals surface area contributed by atoms with E-state index < -0.39 is 11.6 Å². The summed E-state index contributed by atoms with van der Waals surface area (Å²) in [5.41, 5.74) is -0.702. The fourth-order valence-corrected chi connectivity index (χ4v) is 2.40. The minimum Gasteiger partial charge on any atom is -0.481 e. The van der Waals surface area contributed by atoms with E-state index >= 15 is 0 Å². The van der Waals surface area contributed by atoms with Gasteiger partial charge in [-0.05, 0) is 38.5 Å². The van der Waals surface area contributed by atoms with Crippen LogP contribution in [0.4, 0.5) is 0 Å². The molecule has 0 saturated carbocycles. The number of rotatable bonds is 7. The first-order chi connectivity index (χ1) is 11.2. The molecule has 1 aromatic carbocycles. The van der Waals surface area contributed by atoms with Gasteiger partial charge in [0.05, 0.1) is 5.54 Å². The average Bonchev–Trinajstić information content (AvgIpc) is 2.48. The summed E-state index contributed by atoms with van der Waals surface area (Å²) in [5, 5.41) is 6.18. The highest BCUT2D eigenvalue weighted by Gasteiger charge is 2.24. The molecule has 0 saturated heterocycles. The quantitative estimate of drug-likeness (QED) is 0.721. The summed E-state index contributed by atoms with van der Waals surface area (Å²) < 4.78 is 5.70. The van der Waals surface area contributed by atoms with Crippen LogP contribution in [-0.4, -0.2) is 30.5 Å². The van der Waals surface area contributed by atoms with E-state index in [1.54, 1.807) is 38.1 Å². The summed E-state index contributed by atoms with van der Waals surface area (Å²) in [6.45, 7) is 5.41. The molecule has 7 heteroatoms. The van der Waals surface area contributed by atoms with E-state index in [1.807, 2.05) is 6.92 Å². The Bertz CT molecular complexity index is 610. The van der Waals surface area contributed by atoms with Gasteiger partial charge in [-0.3, -0.25) is 9.59 Å². The minimum absolute atomic E-state index is 0.241. The first-order valence-electron chi connectivity index (χ1n) is 7.52. The fraction of sp³-hybridized carbons (Fsp3) is 0.412. The maximum atomic E-state index is 12.4. The zero-order valence-electron chi connectivity index (χ0n) is 14.2. The number of benzene rings is 1. The van der Waals surface area contributed by atoms with Crippen LogP contribution in [0.25, 0.3) is 0 Å². The van der Waals surface area contributed by atoms with Gasteiger partial charge in [-0.2, -0.15) is 0 Å². The number of ether oxygens (including phenoxy) is 1. The van der Waals surface area contributed by atoms with Gasteiger partial charge in [0, 0.05) is 23.2 Å². The van der Waals surface area contributed by atoms with Crippen LogP contribution < -0.4 is 15.4 Å². The molecular weight excluding hydrogens is 351 g/mol. The Morgan fingerprint density at radius 2 is 1.83 bits per heavy atom. The molecule has 0 fully saturated rings. The molecule has 5 nitrogen and oxygen atoms in total. The molecule has 2 N–H and O–H groups in total. The second-order valence-corrected chi connectivity index (χ2v) is 6.65. The van der Waals surface area contributed by atoms with Gasteiger partial charge in [-0.15, -0.1) is 0 Å². The smallest absolute Gasteiger partial charge is 0.261 e. The van der Waals surface area contributed by atoms with E-state index in [2.05, 4.69) is 10.6 Å². The Kier molecular flexibility index (Phi) is 7.58. The highest BCUT2D eigenvalue weighted by atomic mass is 35.5. The van der Waals surface area contributed by atoms with Gasteiger partial charge in [-0.25, -0.2) is 0 Å². The van der Waals surface area contributed by atoms with Gasteiger partial charge in [0.25, 0.3) is 5.91 Å². The van der Waals surface area contributed by atoms with E-state index in [0.29, 0.717) is 22.2 Å². The van der Waals surface area contributed by atoms with Crippen LogP contribution >= 0.6 is 23.2 Å². The van der Waals surface area contributed by atoms with Gasteiger partial charge >= 0.3 is 0 Å². The monoisotopic (exact) mass is 372 g/mol. The molecule has 0 aromatic heterocycles. The third-order valence-electron chi connectivity index (χ3n) is 3.12. The van der Waals surface area contributed by atoms with Gasteiger partial charge in [0.2, 0.25) is 5.91 Å². The van der Waals surface area contributed by atoms with Crippen LogP contribution in [0.15, 0.2) is 30.4 Å². The predicted molar refractivity (Wildman–Crippen MR) is 96.6 cm³/mol. The average molecular weight is 373 g/mol. The third-order valence-corrected chi connectivity index (χ3v) is 3.56. The molecule has 0 aliphatic carbocycles. The van der Waals surface area contributed by atoms with Crippen LogP contribution in [0.3, 0.4) is 0 Å². The van der Waals surface area contributed by atoms with E-state index in [-0.39, 0.29) is 11.8 Å². The Balaban J connectivity index is 2.79. The van der Waals surface area contributed by atoms with Gasteiger partial charge < -0.3 is 15.4 Å². The van der Waals surface area contributed by atoms with Crippen molar-refractivity contribution in [3.05, 3.63) is 40.4 Å². The largest absolute Gasteiger partial charge is 0.481 e. The molecule has 2 amide bonds. The lowest BCUT2D eigenvalue weighted by Gasteiger charge is -2.26. The second kappa shape index (κ2) is 8.94. The van der Waals surface area contributed by atoms with Crippen molar-refractivity contribution in [2.75, 3.05) is 7.05 Å². The van der Waals surface area contributed by atoms with Crippen molar-refractivity contribution in [3.63, 3.8) is 0 Å². The molecule has 0 unspecified atom stereocenters. The highest BCUT2D eigenvalue weighted by molar-refractivity contribution is 6.34. The standard InChI is InChI=1S/C17H22Cl2N2O3/c1-5-14(24-13-9-11(18)8-12(19)10-13)16(23)21-17(2,3)7-6-15(22)20-4/h6-10,14H,5H2,1-4H3,(H,20,22)(H,21,23)/b7-6+/t14-/m1/s1. The van der Waals surface area contributed by atoms with Crippen molar-refractivity contribution in [2.24, 2.45) is 0 Å². The highest BCUT2D eigenvalue weighted by Crippen LogP contribution is 2.25. The predicted octanol–water partition coefficient (Wildman–Crippen LogP) is 3.35. The van der Waals surface area contributed by atoms with Crippen LogP contribution in [0.2, 0.25) is 10.0 Å². The topological polar surface area (TPSA) is 67.4 Å². The SMILES string of the molecule is CC[C@@H](Oc1cc(Cl)cc(Cl)c1)C(=O)NC(C)(C)/C=C/C(=O)NC. The summed E-state index contributed by atoms with van der Waals surface area (Å²) in [6.07, 6.45) is 2.75. The number of likely N-dealkylation sites (N-methyl/N-ethyl adjacent to an activating group) is 1. The number of nitrogens with one attached hydrogen (secondary N) is 2. The van der Waals surface area contributed by atoms with E-state index in [4.69, 9.17) is 27.9 Å². The number of hydrogen-bond donors (Lipinski definition) is 2. The lowest BCUT2D eigenvalue weighted by molar-refractivity contribution is -0.129. The summed E-state index contributed by atoms with van der Waals surface area (Å²) in [6, 6.07) is 4.78. The zero-order chi connectivity index (χ0) is 18.3. The van der Waals surface area contributed by atoms with Crippen molar-refractivity contribution in [1.29, 1.82) is 0 Å². The lowest BCUT2D eigenvalue weighted by atomic mass is 10.0. The molecule has 0 aliphatic rings. The van der Waals surface area contributed by atoms with Crippen LogP contribution in [0, 0.1) is 0 Å². The molecule has 1 rings (SSSR count). The van der Waals surface area contributed by atoms with Crippen molar-refractivity contribution < 1.29 is 14.3 Å². The van der Waals surface area contributed by atoms with E-state index in [1.165, 1.54) is 13.1 Å². The van der Waals surface area contributed by atoms with Crippen molar-refractivity contribution in [2.45, 2.75) is 38.8 Å². The molecule has 0 aliphatic heterocycles. The van der Waals surface area contributed by atoms with E-state index in [9.17, 15) is 9.59 Å². The van der Waals surface area contributed by atoms with Gasteiger partial charge in [0.1, 0.15) is 5.75 Å². The summed E-state index contributed by atoms with van der Waals surface area (Å²) in [5.74, 6) is -0.109.